The van der Waals surface area contributed by atoms with Crippen molar-refractivity contribution in [3.8, 4) is 0 Å². The van der Waals surface area contributed by atoms with E-state index in [0.29, 0.717) is 25.1 Å². The van der Waals surface area contributed by atoms with E-state index >= 15 is 0 Å². The van der Waals surface area contributed by atoms with Crippen LogP contribution in [-0.4, -0.2) is 29.4 Å². The number of halogens is 6. The number of hydrazine groups is 1. The van der Waals surface area contributed by atoms with Crippen LogP contribution < -0.4 is 5.84 Å². The predicted molar refractivity (Wildman–Crippen MR) is 108 cm³/mol. The molecule has 4 nitrogen and oxygen atoms in total. The van der Waals surface area contributed by atoms with Crippen molar-refractivity contribution < 1.29 is 31.1 Å². The van der Waals surface area contributed by atoms with Gasteiger partial charge in [0.05, 0.1) is 28.6 Å². The fraction of sp³-hybridized carbons (Fsp3) is 0.435. The normalized spacial score (nSPS) is 26.1. The molecular formula is C23H23F6N3O. The summed E-state index contributed by atoms with van der Waals surface area (Å²) < 4.78 is 79.7. The van der Waals surface area contributed by atoms with Gasteiger partial charge in [-0.2, -0.15) is 26.3 Å². The molecule has 1 amide bonds. The van der Waals surface area contributed by atoms with Gasteiger partial charge in [0.1, 0.15) is 0 Å². The molecule has 2 aromatic carbocycles. The van der Waals surface area contributed by atoms with Gasteiger partial charge in [-0.3, -0.25) is 10.6 Å². The van der Waals surface area contributed by atoms with Gasteiger partial charge < -0.3 is 4.90 Å². The molecule has 0 aromatic heterocycles. The highest BCUT2D eigenvalue weighted by atomic mass is 19.4. The van der Waals surface area contributed by atoms with E-state index in [-0.39, 0.29) is 23.5 Å². The first-order valence-electron chi connectivity index (χ1n) is 10.4. The third-order valence-electron chi connectivity index (χ3n) is 6.91. The third kappa shape index (κ3) is 3.99. The molecule has 33 heavy (non-hydrogen) atoms. The van der Waals surface area contributed by atoms with Crippen molar-refractivity contribution in [2.24, 2.45) is 17.2 Å². The molecule has 2 aromatic rings. The molecule has 0 spiro atoms. The Balaban J connectivity index is 1.68. The van der Waals surface area contributed by atoms with Crippen LogP contribution in [0, 0.1) is 11.3 Å². The monoisotopic (exact) mass is 471 g/mol. The Morgan fingerprint density at radius 2 is 1.61 bits per heavy atom. The van der Waals surface area contributed by atoms with Crippen LogP contribution in [0.3, 0.4) is 0 Å². The van der Waals surface area contributed by atoms with Crippen molar-refractivity contribution in [3.05, 3.63) is 70.8 Å². The summed E-state index contributed by atoms with van der Waals surface area (Å²) in [6.07, 6.45) is -9.35. The van der Waals surface area contributed by atoms with Crippen molar-refractivity contribution in [1.29, 1.82) is 0 Å². The Labute approximate surface area is 186 Å². The lowest BCUT2D eigenvalue weighted by Crippen LogP contribution is -2.43. The minimum absolute atomic E-state index is 0.0258. The number of fused-ring (bicyclic) bond motifs is 1. The maximum Gasteiger partial charge on any atom is 0.416 e. The first kappa shape index (κ1) is 23.6. The number of benzene rings is 2. The third-order valence-corrected chi connectivity index (χ3v) is 6.91. The predicted octanol–water partition coefficient (Wildman–Crippen LogP) is 5.18. The number of hydrogen-bond donors (Lipinski definition) is 1. The first-order valence-corrected chi connectivity index (χ1v) is 10.4. The Hall–Kier alpha value is -2.59. The lowest BCUT2D eigenvalue weighted by molar-refractivity contribution is -0.143. The van der Waals surface area contributed by atoms with Crippen molar-refractivity contribution in [1.82, 2.24) is 9.91 Å². The molecule has 4 atom stereocenters. The second kappa shape index (κ2) is 7.73. The number of nitrogens with zero attached hydrogens (tertiary/aromatic N) is 2. The fourth-order valence-corrected chi connectivity index (χ4v) is 5.02. The quantitative estimate of drug-likeness (QED) is 0.494. The number of alkyl halides is 6. The molecule has 2 N–H and O–H groups in total. The van der Waals surface area contributed by atoms with Crippen LogP contribution in [0.5, 0.6) is 0 Å². The van der Waals surface area contributed by atoms with Gasteiger partial charge in [-0.1, -0.05) is 30.3 Å². The zero-order valence-electron chi connectivity index (χ0n) is 17.9. The minimum atomic E-state index is -4.96. The molecule has 10 heteroatoms. The molecule has 0 unspecified atom stereocenters. The molecule has 1 saturated heterocycles. The molecule has 1 aliphatic heterocycles. The van der Waals surface area contributed by atoms with Gasteiger partial charge in [0, 0.05) is 13.6 Å². The summed E-state index contributed by atoms with van der Waals surface area (Å²) in [5.74, 6) is 5.82. The molecular weight excluding hydrogens is 448 g/mol. The van der Waals surface area contributed by atoms with Crippen molar-refractivity contribution in [2.45, 2.75) is 37.8 Å². The number of nitrogens with two attached hydrogens (primary N) is 1. The number of amides is 1. The second-order valence-electron chi connectivity index (χ2n) is 8.88. The van der Waals surface area contributed by atoms with Crippen LogP contribution in [-0.2, 0) is 17.1 Å². The summed E-state index contributed by atoms with van der Waals surface area (Å²) in [5.41, 5.74) is -3.06. The molecule has 2 fully saturated rings. The maximum absolute atomic E-state index is 13.6. The van der Waals surface area contributed by atoms with Gasteiger partial charge >= 0.3 is 12.4 Å². The van der Waals surface area contributed by atoms with Crippen LogP contribution in [0.2, 0.25) is 0 Å². The minimum Gasteiger partial charge on any atom is -0.338 e. The van der Waals surface area contributed by atoms with Crippen LogP contribution in [0.1, 0.15) is 47.7 Å². The number of carbonyl (C=O) groups excluding carboxylic acids is 1. The molecule has 1 saturated carbocycles. The van der Waals surface area contributed by atoms with E-state index in [0.717, 1.165) is 5.56 Å². The Bertz CT molecular complexity index is 1020. The Kier molecular flexibility index (Phi) is 5.52. The highest BCUT2D eigenvalue weighted by molar-refractivity contribution is 5.88. The number of piperidine rings is 1. The summed E-state index contributed by atoms with van der Waals surface area (Å²) in [7, 11) is 1.41. The largest absolute Gasteiger partial charge is 0.416 e. The van der Waals surface area contributed by atoms with Gasteiger partial charge in [0.25, 0.3) is 0 Å². The zero-order chi connectivity index (χ0) is 24.3. The van der Waals surface area contributed by atoms with E-state index < -0.39 is 41.0 Å². The average Bonchev–Trinajstić information content (AvgIpc) is 3.37. The molecule has 0 bridgehead atoms. The fourth-order valence-electron chi connectivity index (χ4n) is 5.02. The van der Waals surface area contributed by atoms with E-state index in [9.17, 15) is 31.1 Å². The Morgan fingerprint density at radius 1 is 1.06 bits per heavy atom. The number of hydrogen-bond acceptors (Lipinski definition) is 3. The van der Waals surface area contributed by atoms with E-state index in [1.807, 2.05) is 30.3 Å². The molecule has 4 rings (SSSR count). The topological polar surface area (TPSA) is 49.6 Å². The summed E-state index contributed by atoms with van der Waals surface area (Å²) in [6, 6.07) is 9.18. The zero-order valence-corrected chi connectivity index (χ0v) is 17.9. The maximum atomic E-state index is 13.6. The van der Waals surface area contributed by atoms with E-state index in [1.165, 1.54) is 18.9 Å². The molecule has 0 radical (unpaired) electrons. The van der Waals surface area contributed by atoms with Gasteiger partial charge in [-0.15, -0.1) is 0 Å². The van der Waals surface area contributed by atoms with Crippen LogP contribution in [0.25, 0.3) is 0 Å². The lowest BCUT2D eigenvalue weighted by atomic mass is 9.88. The molecule has 2 aliphatic rings. The standard InChI is InChI=1S/C23H23F6N3O/c1-13(15-8-16(22(24,25)26)10-17(9-15)23(27,28)29)31(2)20(33)21-11-18(21)12-32(30)19(21)14-6-4-3-5-7-14/h3-10,13,18-19H,11-12,30H2,1-2H3/t13-,18+,19-,21+/m0/s1. The van der Waals surface area contributed by atoms with Gasteiger partial charge in [-0.05, 0) is 48.6 Å². The highest BCUT2D eigenvalue weighted by Crippen LogP contribution is 2.67. The van der Waals surface area contributed by atoms with Crippen molar-refractivity contribution in [3.63, 3.8) is 0 Å². The summed E-state index contributed by atoms with van der Waals surface area (Å²) >= 11 is 0. The van der Waals surface area contributed by atoms with Crippen molar-refractivity contribution >= 4 is 5.91 Å². The SMILES string of the molecule is C[C@@H](c1cc(C(F)(F)F)cc(C(F)(F)F)c1)N(C)C(=O)[C@]12C[C@@H]1CN(N)[C@H]2c1ccccc1. The van der Waals surface area contributed by atoms with Gasteiger partial charge in [0.2, 0.25) is 5.91 Å². The Morgan fingerprint density at radius 3 is 2.12 bits per heavy atom. The molecule has 1 heterocycles. The van der Waals surface area contributed by atoms with E-state index in [1.54, 1.807) is 5.01 Å². The molecule has 1 aliphatic carbocycles. The van der Waals surface area contributed by atoms with Gasteiger partial charge in [0.15, 0.2) is 0 Å². The van der Waals surface area contributed by atoms with E-state index in [2.05, 4.69) is 0 Å². The summed E-state index contributed by atoms with van der Waals surface area (Å²) in [5, 5.41) is 1.59. The van der Waals surface area contributed by atoms with Crippen LogP contribution in [0.4, 0.5) is 26.3 Å². The van der Waals surface area contributed by atoms with Gasteiger partial charge in [-0.25, -0.2) is 5.01 Å². The molecule has 178 valence electrons. The number of carbonyl (C=O) groups is 1. The number of rotatable bonds is 4. The summed E-state index contributed by atoms with van der Waals surface area (Å²) in [4.78, 5) is 14.9. The van der Waals surface area contributed by atoms with Crippen LogP contribution in [0.15, 0.2) is 48.5 Å². The highest BCUT2D eigenvalue weighted by Gasteiger charge is 2.71. The van der Waals surface area contributed by atoms with Crippen molar-refractivity contribution in [2.75, 3.05) is 13.6 Å². The first-order chi connectivity index (χ1) is 15.3. The second-order valence-corrected chi connectivity index (χ2v) is 8.88. The summed E-state index contributed by atoms with van der Waals surface area (Å²) in [6.45, 7) is 1.91. The lowest BCUT2D eigenvalue weighted by Gasteiger charge is -2.34. The van der Waals surface area contributed by atoms with Crippen LogP contribution >= 0.6 is 0 Å². The van der Waals surface area contributed by atoms with E-state index in [4.69, 9.17) is 5.84 Å². The smallest absolute Gasteiger partial charge is 0.338 e. The average molecular weight is 471 g/mol.